The lowest BCUT2D eigenvalue weighted by Crippen LogP contribution is -2.31. The van der Waals surface area contributed by atoms with Gasteiger partial charge in [0.1, 0.15) is 0 Å². The van der Waals surface area contributed by atoms with Crippen molar-refractivity contribution in [2.24, 2.45) is 0 Å². The molecule has 0 fully saturated rings. The Labute approximate surface area is 184 Å². The van der Waals surface area contributed by atoms with Gasteiger partial charge in [0, 0.05) is 16.7 Å². The van der Waals surface area contributed by atoms with E-state index in [9.17, 15) is 0 Å². The van der Waals surface area contributed by atoms with E-state index in [-0.39, 0.29) is 0 Å². The minimum absolute atomic E-state index is 0.561. The van der Waals surface area contributed by atoms with Crippen LogP contribution in [0.4, 0.5) is 0 Å². The average Bonchev–Trinajstić information content (AvgIpc) is 2.86. The quantitative estimate of drug-likeness (QED) is 0.295. The fourth-order valence-corrected chi connectivity index (χ4v) is 4.14. The van der Waals surface area contributed by atoms with Crippen molar-refractivity contribution in [3.05, 3.63) is 142 Å². The lowest BCUT2D eigenvalue weighted by Gasteiger charge is -2.37. The van der Waals surface area contributed by atoms with Gasteiger partial charge < -0.3 is 0 Å². The lowest BCUT2D eigenvalue weighted by atomic mass is 9.65. The summed E-state index contributed by atoms with van der Waals surface area (Å²) in [5, 5.41) is 0. The highest BCUT2D eigenvalue weighted by Gasteiger charge is 2.38. The second-order valence-electron chi connectivity index (χ2n) is 7.28. The molecule has 144 valence electrons. The Hall–Kier alpha value is -4.44. The maximum atomic E-state index is 5.62. The molecule has 0 heterocycles. The van der Waals surface area contributed by atoms with Gasteiger partial charge in [0.2, 0.25) is 0 Å². The van der Waals surface area contributed by atoms with E-state index in [1.54, 1.807) is 0 Å². The topological polar surface area (TPSA) is 0 Å². The molecule has 0 unspecified atom stereocenters. The lowest BCUT2D eigenvalue weighted by molar-refractivity contribution is 0.745. The summed E-state index contributed by atoms with van der Waals surface area (Å²) in [4.78, 5) is 0. The summed E-state index contributed by atoms with van der Waals surface area (Å²) in [6.45, 7) is 0. The summed E-state index contributed by atoms with van der Waals surface area (Å²) in [5.74, 6) is 8.13. The molecule has 0 nitrogen and oxygen atoms in total. The molecule has 0 aliphatic heterocycles. The van der Waals surface area contributed by atoms with Gasteiger partial charge in [-0.2, -0.15) is 0 Å². The summed E-state index contributed by atoms with van der Waals surface area (Å²) < 4.78 is 0. The van der Waals surface area contributed by atoms with Crippen molar-refractivity contribution < 1.29 is 0 Å². The third-order valence-corrected chi connectivity index (χ3v) is 5.66. The number of hydrogen-bond donors (Lipinski definition) is 0. The Bertz CT molecular complexity index is 1160. The van der Waals surface area contributed by atoms with Gasteiger partial charge in [-0.05, 0) is 58.7 Å². The van der Waals surface area contributed by atoms with Crippen molar-refractivity contribution in [3.8, 4) is 37.0 Å². The van der Waals surface area contributed by atoms with Gasteiger partial charge in [-0.15, -0.1) is 19.3 Å². The van der Waals surface area contributed by atoms with Crippen LogP contribution in [-0.4, -0.2) is 0 Å². The molecule has 0 bridgehead atoms. The SMILES string of the molecule is C#Cc1ccc(C(c2ccccc2)(c2ccc(C#C)cc2)c2ccc(C#C)cc2)cc1. The molecule has 0 amide bonds. The molecular formula is C31H20. The van der Waals surface area contributed by atoms with Crippen LogP contribution in [0.2, 0.25) is 0 Å². The van der Waals surface area contributed by atoms with E-state index >= 15 is 0 Å². The fourth-order valence-electron chi connectivity index (χ4n) is 4.14. The molecule has 4 rings (SSSR count). The van der Waals surface area contributed by atoms with Crippen LogP contribution in [0, 0.1) is 37.0 Å². The molecule has 0 saturated carbocycles. The first-order chi connectivity index (χ1) is 15.2. The summed E-state index contributed by atoms with van der Waals surface area (Å²) in [5.41, 5.74) is 6.45. The van der Waals surface area contributed by atoms with E-state index < -0.39 is 5.41 Å². The molecule has 0 atom stereocenters. The minimum Gasteiger partial charge on any atom is -0.115 e. The molecule has 4 aromatic rings. The van der Waals surface area contributed by atoms with Crippen molar-refractivity contribution >= 4 is 0 Å². The smallest absolute Gasteiger partial charge is 0.0701 e. The maximum Gasteiger partial charge on any atom is 0.0701 e. The van der Waals surface area contributed by atoms with E-state index in [4.69, 9.17) is 19.3 Å². The van der Waals surface area contributed by atoms with Crippen molar-refractivity contribution in [1.82, 2.24) is 0 Å². The van der Waals surface area contributed by atoms with Gasteiger partial charge in [0.05, 0.1) is 5.41 Å². The summed E-state index contributed by atoms with van der Waals surface area (Å²) >= 11 is 0. The van der Waals surface area contributed by atoms with Crippen LogP contribution in [0.5, 0.6) is 0 Å². The van der Waals surface area contributed by atoms with Gasteiger partial charge in [0.15, 0.2) is 0 Å². The van der Waals surface area contributed by atoms with Gasteiger partial charge in [-0.3, -0.25) is 0 Å². The number of hydrogen-bond acceptors (Lipinski definition) is 0. The normalized spacial score (nSPS) is 10.5. The highest BCUT2D eigenvalue weighted by atomic mass is 14.4. The van der Waals surface area contributed by atoms with Crippen molar-refractivity contribution in [1.29, 1.82) is 0 Å². The zero-order valence-electron chi connectivity index (χ0n) is 17.0. The first-order valence-electron chi connectivity index (χ1n) is 9.99. The van der Waals surface area contributed by atoms with Crippen LogP contribution in [0.1, 0.15) is 38.9 Å². The second kappa shape index (κ2) is 8.51. The zero-order valence-corrected chi connectivity index (χ0v) is 17.0. The fraction of sp³-hybridized carbons (Fsp3) is 0.0323. The summed E-state index contributed by atoms with van der Waals surface area (Å²) in [6.07, 6.45) is 16.9. The van der Waals surface area contributed by atoms with Gasteiger partial charge in [-0.1, -0.05) is 84.5 Å². The molecule has 0 heteroatoms. The van der Waals surface area contributed by atoms with Crippen molar-refractivity contribution in [2.45, 2.75) is 5.41 Å². The van der Waals surface area contributed by atoms with Gasteiger partial charge >= 0.3 is 0 Å². The molecular weight excluding hydrogens is 372 g/mol. The molecule has 0 radical (unpaired) electrons. The standard InChI is InChI=1S/C31H20/c1-4-24-12-18-28(19-13-24)31(27-10-8-7-9-11-27,29-20-14-25(5-2)15-21-29)30-22-16-26(6-3)17-23-30/h1-3,7-23H. The third-order valence-electron chi connectivity index (χ3n) is 5.66. The van der Waals surface area contributed by atoms with Crippen LogP contribution in [0.3, 0.4) is 0 Å². The predicted molar refractivity (Wildman–Crippen MR) is 129 cm³/mol. The van der Waals surface area contributed by atoms with Crippen LogP contribution >= 0.6 is 0 Å². The second-order valence-corrected chi connectivity index (χ2v) is 7.28. The Morgan fingerprint density at radius 2 is 0.677 bits per heavy atom. The van der Waals surface area contributed by atoms with E-state index in [0.717, 1.165) is 38.9 Å². The summed E-state index contributed by atoms with van der Waals surface area (Å²) in [6, 6.07) is 35.0. The molecule has 4 aromatic carbocycles. The Morgan fingerprint density at radius 3 is 0.968 bits per heavy atom. The zero-order chi connectivity index (χ0) is 21.7. The van der Waals surface area contributed by atoms with Crippen LogP contribution in [0.25, 0.3) is 0 Å². The van der Waals surface area contributed by atoms with E-state index in [2.05, 4.69) is 78.4 Å². The number of rotatable bonds is 4. The first-order valence-corrected chi connectivity index (χ1v) is 9.99. The van der Waals surface area contributed by atoms with Crippen LogP contribution in [0.15, 0.2) is 103 Å². The van der Waals surface area contributed by atoms with Crippen LogP contribution < -0.4 is 0 Å². The molecule has 0 N–H and O–H groups in total. The van der Waals surface area contributed by atoms with E-state index in [1.165, 1.54) is 0 Å². The Morgan fingerprint density at radius 1 is 0.387 bits per heavy atom. The van der Waals surface area contributed by atoms with E-state index in [1.807, 2.05) is 42.5 Å². The van der Waals surface area contributed by atoms with Crippen molar-refractivity contribution in [2.75, 3.05) is 0 Å². The number of benzene rings is 4. The predicted octanol–water partition coefficient (Wildman–Crippen LogP) is 6.01. The Kier molecular flexibility index (Phi) is 5.45. The Balaban J connectivity index is 2.10. The van der Waals surface area contributed by atoms with Crippen molar-refractivity contribution in [3.63, 3.8) is 0 Å². The molecule has 0 aliphatic rings. The maximum absolute atomic E-state index is 5.62. The average molecular weight is 393 g/mol. The number of terminal acetylenes is 3. The summed E-state index contributed by atoms with van der Waals surface area (Å²) in [7, 11) is 0. The largest absolute Gasteiger partial charge is 0.115 e. The van der Waals surface area contributed by atoms with Gasteiger partial charge in [0.25, 0.3) is 0 Å². The van der Waals surface area contributed by atoms with E-state index in [0.29, 0.717) is 0 Å². The molecule has 0 aromatic heterocycles. The highest BCUT2D eigenvalue weighted by Crippen LogP contribution is 2.45. The van der Waals surface area contributed by atoms with Gasteiger partial charge in [-0.25, -0.2) is 0 Å². The van der Waals surface area contributed by atoms with Crippen LogP contribution in [-0.2, 0) is 5.41 Å². The first kappa shape index (κ1) is 19.9. The molecule has 0 saturated heterocycles. The third kappa shape index (κ3) is 3.51. The molecule has 0 aliphatic carbocycles. The highest BCUT2D eigenvalue weighted by molar-refractivity contribution is 5.61. The monoisotopic (exact) mass is 392 g/mol. The molecule has 31 heavy (non-hydrogen) atoms. The minimum atomic E-state index is -0.561. The molecule has 0 spiro atoms.